The molecule has 1 rings (SSSR count). The molecule has 0 bridgehead atoms. The van der Waals surface area contributed by atoms with Gasteiger partial charge in [0.15, 0.2) is 0 Å². The number of nitrogens with two attached hydrogens (primary N) is 1. The monoisotopic (exact) mass is 193 g/mol. The fraction of sp³-hybridized carbons (Fsp3) is 0.400. The highest BCUT2D eigenvalue weighted by Gasteiger charge is 2.14. The zero-order valence-corrected chi connectivity index (χ0v) is 8.66. The Hall–Kier alpha value is -1.58. The van der Waals surface area contributed by atoms with Gasteiger partial charge < -0.3 is 11.1 Å². The van der Waals surface area contributed by atoms with Gasteiger partial charge in [-0.2, -0.15) is 0 Å². The lowest BCUT2D eigenvalue weighted by molar-refractivity contribution is 0.0919. The normalized spacial score (nSPS) is 11.1. The van der Waals surface area contributed by atoms with Gasteiger partial charge >= 0.3 is 0 Å². The molecule has 0 aliphatic rings. The lowest BCUT2D eigenvalue weighted by atomic mass is 10.1. The summed E-state index contributed by atoms with van der Waals surface area (Å²) in [5, 5.41) is 2.84. The summed E-state index contributed by atoms with van der Waals surface area (Å²) in [4.78, 5) is 15.4. The van der Waals surface area contributed by atoms with Crippen LogP contribution in [0.3, 0.4) is 0 Å². The molecule has 0 aliphatic carbocycles. The SMILES string of the molecule is CC(C)(C)NC(=O)c1ccc(N)nc1. The van der Waals surface area contributed by atoms with Crippen molar-refractivity contribution in [1.29, 1.82) is 0 Å². The van der Waals surface area contributed by atoms with Crippen LogP contribution in [-0.4, -0.2) is 16.4 Å². The summed E-state index contributed by atoms with van der Waals surface area (Å²) >= 11 is 0. The Balaban J connectivity index is 2.76. The van der Waals surface area contributed by atoms with E-state index in [9.17, 15) is 4.79 Å². The molecule has 1 heterocycles. The molecule has 1 aromatic heterocycles. The molecule has 4 heteroatoms. The van der Waals surface area contributed by atoms with Gasteiger partial charge in [0.1, 0.15) is 5.82 Å². The summed E-state index contributed by atoms with van der Waals surface area (Å²) in [6, 6.07) is 3.26. The lowest BCUT2D eigenvalue weighted by Crippen LogP contribution is -2.40. The maximum atomic E-state index is 11.6. The molecule has 1 aromatic rings. The predicted octanol–water partition coefficient (Wildman–Crippen LogP) is 1.19. The number of nitrogens with one attached hydrogen (secondary N) is 1. The summed E-state index contributed by atoms with van der Waals surface area (Å²) in [5.74, 6) is 0.280. The highest BCUT2D eigenvalue weighted by atomic mass is 16.1. The predicted molar refractivity (Wildman–Crippen MR) is 55.9 cm³/mol. The zero-order chi connectivity index (χ0) is 10.8. The van der Waals surface area contributed by atoms with Crippen molar-refractivity contribution in [3.8, 4) is 0 Å². The Morgan fingerprint density at radius 2 is 2.07 bits per heavy atom. The lowest BCUT2D eigenvalue weighted by Gasteiger charge is -2.20. The number of rotatable bonds is 1. The van der Waals surface area contributed by atoms with Gasteiger partial charge in [0.2, 0.25) is 0 Å². The number of nitrogens with zero attached hydrogens (tertiary/aromatic N) is 1. The van der Waals surface area contributed by atoms with Crippen molar-refractivity contribution in [2.24, 2.45) is 0 Å². The molecular weight excluding hydrogens is 178 g/mol. The first-order valence-corrected chi connectivity index (χ1v) is 4.42. The van der Waals surface area contributed by atoms with E-state index in [4.69, 9.17) is 5.73 Å². The molecule has 4 nitrogen and oxygen atoms in total. The smallest absolute Gasteiger partial charge is 0.253 e. The fourth-order valence-corrected chi connectivity index (χ4v) is 0.952. The molecule has 0 saturated carbocycles. The zero-order valence-electron chi connectivity index (χ0n) is 8.66. The number of nitrogen functional groups attached to an aromatic ring is 1. The van der Waals surface area contributed by atoms with Crippen molar-refractivity contribution in [3.63, 3.8) is 0 Å². The highest BCUT2D eigenvalue weighted by molar-refractivity contribution is 5.94. The van der Waals surface area contributed by atoms with Crippen LogP contribution in [0.1, 0.15) is 31.1 Å². The van der Waals surface area contributed by atoms with E-state index >= 15 is 0 Å². The molecule has 0 radical (unpaired) electrons. The average Bonchev–Trinajstić information content (AvgIpc) is 2.02. The van der Waals surface area contributed by atoms with E-state index in [2.05, 4.69) is 10.3 Å². The van der Waals surface area contributed by atoms with Crippen LogP contribution in [-0.2, 0) is 0 Å². The van der Waals surface area contributed by atoms with Crippen LogP contribution >= 0.6 is 0 Å². The fourth-order valence-electron chi connectivity index (χ4n) is 0.952. The summed E-state index contributed by atoms with van der Waals surface area (Å²) in [6.07, 6.45) is 1.47. The van der Waals surface area contributed by atoms with Crippen LogP contribution in [0.15, 0.2) is 18.3 Å². The molecule has 0 aliphatic heterocycles. The summed E-state index contributed by atoms with van der Waals surface area (Å²) in [6.45, 7) is 5.78. The van der Waals surface area contributed by atoms with Crippen molar-refractivity contribution in [1.82, 2.24) is 10.3 Å². The Bertz CT molecular complexity index is 324. The van der Waals surface area contributed by atoms with E-state index in [-0.39, 0.29) is 11.4 Å². The van der Waals surface area contributed by atoms with Crippen LogP contribution in [0.5, 0.6) is 0 Å². The number of carbonyl (C=O) groups excluding carboxylic acids is 1. The van der Waals surface area contributed by atoms with Crippen molar-refractivity contribution in [2.75, 3.05) is 5.73 Å². The van der Waals surface area contributed by atoms with E-state index < -0.39 is 0 Å². The second-order valence-corrected chi connectivity index (χ2v) is 4.18. The Labute approximate surface area is 83.5 Å². The van der Waals surface area contributed by atoms with Gasteiger partial charge in [-0.25, -0.2) is 4.98 Å². The van der Waals surface area contributed by atoms with E-state index in [1.54, 1.807) is 12.1 Å². The standard InChI is InChI=1S/C10H15N3O/c1-10(2,3)13-9(14)7-4-5-8(11)12-6-7/h4-6H,1-3H3,(H2,11,12)(H,13,14). The number of hydrogen-bond acceptors (Lipinski definition) is 3. The number of amides is 1. The first-order chi connectivity index (χ1) is 6.38. The third-order valence-electron chi connectivity index (χ3n) is 1.54. The second kappa shape index (κ2) is 3.65. The third kappa shape index (κ3) is 3.05. The maximum absolute atomic E-state index is 11.6. The van der Waals surface area contributed by atoms with E-state index in [1.165, 1.54) is 6.20 Å². The van der Waals surface area contributed by atoms with Crippen molar-refractivity contribution < 1.29 is 4.79 Å². The van der Waals surface area contributed by atoms with E-state index in [0.29, 0.717) is 11.4 Å². The molecule has 3 N–H and O–H groups in total. The van der Waals surface area contributed by atoms with Crippen LogP contribution < -0.4 is 11.1 Å². The Kier molecular flexibility index (Phi) is 2.74. The molecule has 0 saturated heterocycles. The highest BCUT2D eigenvalue weighted by Crippen LogP contribution is 2.05. The first-order valence-electron chi connectivity index (χ1n) is 4.42. The average molecular weight is 193 g/mol. The van der Waals surface area contributed by atoms with Gasteiger partial charge in [-0.15, -0.1) is 0 Å². The van der Waals surface area contributed by atoms with Crippen LogP contribution in [0.2, 0.25) is 0 Å². The molecule has 0 aromatic carbocycles. The summed E-state index contributed by atoms with van der Waals surface area (Å²) in [5.41, 5.74) is 5.70. The largest absolute Gasteiger partial charge is 0.384 e. The van der Waals surface area contributed by atoms with Crippen molar-refractivity contribution in [2.45, 2.75) is 26.3 Å². The number of carbonyl (C=O) groups is 1. The molecule has 0 unspecified atom stereocenters. The summed E-state index contributed by atoms with van der Waals surface area (Å²) < 4.78 is 0. The molecular formula is C10H15N3O. The third-order valence-corrected chi connectivity index (χ3v) is 1.54. The van der Waals surface area contributed by atoms with Gasteiger partial charge in [-0.05, 0) is 32.9 Å². The second-order valence-electron chi connectivity index (χ2n) is 4.18. The molecule has 76 valence electrons. The van der Waals surface area contributed by atoms with Crippen molar-refractivity contribution >= 4 is 11.7 Å². The number of pyridine rings is 1. The van der Waals surface area contributed by atoms with Gasteiger partial charge in [0, 0.05) is 11.7 Å². The van der Waals surface area contributed by atoms with Crippen LogP contribution in [0.4, 0.5) is 5.82 Å². The molecule has 14 heavy (non-hydrogen) atoms. The minimum Gasteiger partial charge on any atom is -0.384 e. The van der Waals surface area contributed by atoms with Crippen molar-refractivity contribution in [3.05, 3.63) is 23.9 Å². The van der Waals surface area contributed by atoms with Gasteiger partial charge in [0.25, 0.3) is 5.91 Å². The topological polar surface area (TPSA) is 68.0 Å². The van der Waals surface area contributed by atoms with Crippen LogP contribution in [0, 0.1) is 0 Å². The number of aromatic nitrogens is 1. The number of anilines is 1. The molecule has 0 fully saturated rings. The minimum absolute atomic E-state index is 0.134. The van der Waals surface area contributed by atoms with E-state index in [1.807, 2.05) is 20.8 Å². The van der Waals surface area contributed by atoms with Crippen LogP contribution in [0.25, 0.3) is 0 Å². The van der Waals surface area contributed by atoms with Gasteiger partial charge in [0.05, 0.1) is 5.56 Å². The Morgan fingerprint density at radius 1 is 1.43 bits per heavy atom. The van der Waals surface area contributed by atoms with E-state index in [0.717, 1.165) is 0 Å². The molecule has 0 spiro atoms. The maximum Gasteiger partial charge on any atom is 0.253 e. The first kappa shape index (κ1) is 10.5. The quantitative estimate of drug-likeness (QED) is 0.704. The summed E-state index contributed by atoms with van der Waals surface area (Å²) in [7, 11) is 0. The minimum atomic E-state index is -0.238. The van der Waals surface area contributed by atoms with Gasteiger partial charge in [-0.1, -0.05) is 0 Å². The Morgan fingerprint density at radius 3 is 2.50 bits per heavy atom. The number of hydrogen-bond donors (Lipinski definition) is 2. The molecule has 0 atom stereocenters. The van der Waals surface area contributed by atoms with Gasteiger partial charge in [-0.3, -0.25) is 4.79 Å². The molecule has 1 amide bonds.